The minimum absolute atomic E-state index is 0.0829. The molecule has 0 unspecified atom stereocenters. The highest BCUT2D eigenvalue weighted by Crippen LogP contribution is 2.29. The van der Waals surface area contributed by atoms with Gasteiger partial charge < -0.3 is 19.7 Å². The highest BCUT2D eigenvalue weighted by molar-refractivity contribution is 5.82. The molecule has 0 bridgehead atoms. The average molecular weight is 374 g/mol. The summed E-state index contributed by atoms with van der Waals surface area (Å²) in [6.07, 6.45) is -3.78. The predicted molar refractivity (Wildman–Crippen MR) is 87.6 cm³/mol. The molecule has 0 radical (unpaired) electrons. The van der Waals surface area contributed by atoms with Crippen molar-refractivity contribution in [1.82, 2.24) is 4.90 Å². The molecule has 0 aliphatic carbocycles. The molecule has 1 N–H and O–H groups in total. The van der Waals surface area contributed by atoms with Gasteiger partial charge >= 0.3 is 12.3 Å². The van der Waals surface area contributed by atoms with E-state index in [1.807, 2.05) is 0 Å². The number of likely N-dealkylation sites (tertiary alicyclic amines) is 1. The number of halogens is 3. The number of para-hydroxylation sites is 2. The van der Waals surface area contributed by atoms with Crippen LogP contribution in [0.15, 0.2) is 24.3 Å². The smallest absolute Gasteiger partial charge is 0.466 e. The molecule has 6 nitrogen and oxygen atoms in total. The number of ether oxygens (including phenoxy) is 2. The summed E-state index contributed by atoms with van der Waals surface area (Å²) in [5, 5.41) is 2.68. The highest BCUT2D eigenvalue weighted by atomic mass is 19.4. The van der Waals surface area contributed by atoms with Crippen molar-refractivity contribution in [3.63, 3.8) is 0 Å². The monoisotopic (exact) mass is 374 g/mol. The van der Waals surface area contributed by atoms with Gasteiger partial charge in [0.05, 0.1) is 24.8 Å². The Morgan fingerprint density at radius 1 is 1.23 bits per heavy atom. The summed E-state index contributed by atoms with van der Waals surface area (Å²) >= 11 is 0. The van der Waals surface area contributed by atoms with Gasteiger partial charge in [-0.3, -0.25) is 9.59 Å². The zero-order valence-electron chi connectivity index (χ0n) is 14.3. The van der Waals surface area contributed by atoms with E-state index >= 15 is 0 Å². The number of alkyl halides is 3. The van der Waals surface area contributed by atoms with Gasteiger partial charge in [0.15, 0.2) is 5.75 Å². The Morgan fingerprint density at radius 3 is 2.50 bits per heavy atom. The van der Waals surface area contributed by atoms with Gasteiger partial charge in [-0.2, -0.15) is 0 Å². The minimum Gasteiger partial charge on any atom is -0.466 e. The van der Waals surface area contributed by atoms with Crippen molar-refractivity contribution >= 4 is 17.6 Å². The molecule has 2 rings (SSSR count). The number of hydrogen-bond donors (Lipinski definition) is 1. The molecule has 1 amide bonds. The molecule has 1 heterocycles. The lowest BCUT2D eigenvalue weighted by atomic mass is 9.97. The molecule has 1 aliphatic heterocycles. The fourth-order valence-electron chi connectivity index (χ4n) is 2.73. The lowest BCUT2D eigenvalue weighted by molar-refractivity contribution is -0.274. The first-order valence-electron chi connectivity index (χ1n) is 8.33. The van der Waals surface area contributed by atoms with Crippen LogP contribution in [0.25, 0.3) is 0 Å². The summed E-state index contributed by atoms with van der Waals surface area (Å²) < 4.78 is 46.1. The van der Waals surface area contributed by atoms with Gasteiger partial charge in [0, 0.05) is 13.1 Å². The molecular weight excluding hydrogens is 353 g/mol. The summed E-state index contributed by atoms with van der Waals surface area (Å²) in [7, 11) is 0. The zero-order chi connectivity index (χ0) is 19.2. The van der Waals surface area contributed by atoms with Crippen LogP contribution < -0.4 is 10.1 Å². The largest absolute Gasteiger partial charge is 0.573 e. The Kier molecular flexibility index (Phi) is 6.70. The first-order chi connectivity index (χ1) is 12.3. The van der Waals surface area contributed by atoms with E-state index in [1.54, 1.807) is 17.9 Å². The maximum atomic E-state index is 12.4. The third-order valence-corrected chi connectivity index (χ3v) is 4.01. The summed E-state index contributed by atoms with van der Waals surface area (Å²) in [6.45, 7) is 2.71. The van der Waals surface area contributed by atoms with E-state index in [-0.39, 0.29) is 30.0 Å². The van der Waals surface area contributed by atoms with Crippen molar-refractivity contribution in [2.45, 2.75) is 26.1 Å². The fraction of sp³-hybridized carbons (Fsp3) is 0.529. The molecule has 1 aromatic rings. The number of carbonyl (C=O) groups is 2. The molecule has 0 aromatic heterocycles. The van der Waals surface area contributed by atoms with Crippen molar-refractivity contribution in [3.05, 3.63) is 24.3 Å². The van der Waals surface area contributed by atoms with Gasteiger partial charge in [0.25, 0.3) is 0 Å². The van der Waals surface area contributed by atoms with Gasteiger partial charge in [0.1, 0.15) is 0 Å². The zero-order valence-corrected chi connectivity index (χ0v) is 14.3. The quantitative estimate of drug-likeness (QED) is 0.776. The standard InChI is InChI=1S/C17H21F3N2O4/c1-2-25-16(24)12-7-9-22(10-8-12)15(23)11-21-13-5-3-4-6-14(13)26-17(18,19)20/h3-6,12,21H,2,7-11H2,1H3. The number of benzene rings is 1. The Hall–Kier alpha value is -2.45. The van der Waals surface area contributed by atoms with Crippen LogP contribution in [-0.2, 0) is 14.3 Å². The second kappa shape index (κ2) is 8.77. The van der Waals surface area contributed by atoms with E-state index in [0.29, 0.717) is 32.5 Å². The molecule has 26 heavy (non-hydrogen) atoms. The topological polar surface area (TPSA) is 67.9 Å². The molecule has 9 heteroatoms. The van der Waals surface area contributed by atoms with Crippen LogP contribution in [0, 0.1) is 5.92 Å². The van der Waals surface area contributed by atoms with Crippen LogP contribution in [0.4, 0.5) is 18.9 Å². The number of anilines is 1. The Balaban J connectivity index is 1.86. The van der Waals surface area contributed by atoms with Gasteiger partial charge in [-0.25, -0.2) is 0 Å². The molecule has 0 spiro atoms. The normalized spacial score (nSPS) is 15.5. The minimum atomic E-state index is -4.81. The van der Waals surface area contributed by atoms with Gasteiger partial charge in [-0.15, -0.1) is 13.2 Å². The third kappa shape index (κ3) is 5.82. The lowest BCUT2D eigenvalue weighted by Crippen LogP contribution is -2.43. The lowest BCUT2D eigenvalue weighted by Gasteiger charge is -2.31. The Labute approximate surface area is 149 Å². The summed E-state index contributed by atoms with van der Waals surface area (Å²) in [5.41, 5.74) is 0.0829. The van der Waals surface area contributed by atoms with E-state index in [2.05, 4.69) is 10.1 Å². The van der Waals surface area contributed by atoms with Crippen molar-refractivity contribution in [2.24, 2.45) is 5.92 Å². The predicted octanol–water partition coefficient (Wildman–Crippen LogP) is 2.80. The van der Waals surface area contributed by atoms with Crippen LogP contribution in [-0.4, -0.2) is 49.4 Å². The van der Waals surface area contributed by atoms with Gasteiger partial charge in [0.2, 0.25) is 5.91 Å². The Morgan fingerprint density at radius 2 is 1.88 bits per heavy atom. The molecule has 0 atom stereocenters. The van der Waals surface area contributed by atoms with E-state index < -0.39 is 12.1 Å². The van der Waals surface area contributed by atoms with Gasteiger partial charge in [-0.1, -0.05) is 12.1 Å². The molecule has 1 aromatic carbocycles. The van der Waals surface area contributed by atoms with E-state index in [0.717, 1.165) is 0 Å². The molecule has 144 valence electrons. The van der Waals surface area contributed by atoms with E-state index in [4.69, 9.17) is 4.74 Å². The summed E-state index contributed by atoms with van der Waals surface area (Å²) in [6, 6.07) is 5.53. The first kappa shape index (κ1) is 19.9. The number of esters is 1. The molecule has 1 saturated heterocycles. The van der Waals surface area contributed by atoms with Crippen LogP contribution in [0.2, 0.25) is 0 Å². The number of nitrogens with one attached hydrogen (secondary N) is 1. The fourth-order valence-corrected chi connectivity index (χ4v) is 2.73. The van der Waals surface area contributed by atoms with Crippen LogP contribution in [0.5, 0.6) is 5.75 Å². The van der Waals surface area contributed by atoms with Crippen molar-refractivity contribution in [1.29, 1.82) is 0 Å². The number of amides is 1. The van der Waals surface area contributed by atoms with Crippen LogP contribution in [0.1, 0.15) is 19.8 Å². The number of carbonyl (C=O) groups excluding carboxylic acids is 2. The summed E-state index contributed by atoms with van der Waals surface area (Å²) in [4.78, 5) is 25.5. The number of rotatable bonds is 6. The molecule has 1 aliphatic rings. The Bertz CT molecular complexity index is 629. The van der Waals surface area contributed by atoms with Crippen molar-refractivity contribution in [3.8, 4) is 5.75 Å². The van der Waals surface area contributed by atoms with Gasteiger partial charge in [-0.05, 0) is 31.9 Å². The van der Waals surface area contributed by atoms with Crippen LogP contribution in [0.3, 0.4) is 0 Å². The molecule has 0 saturated carbocycles. The average Bonchev–Trinajstić information content (AvgIpc) is 2.60. The van der Waals surface area contributed by atoms with Crippen molar-refractivity contribution in [2.75, 3.05) is 31.6 Å². The second-order valence-electron chi connectivity index (χ2n) is 5.80. The molecule has 1 fully saturated rings. The maximum Gasteiger partial charge on any atom is 0.573 e. The number of nitrogens with zero attached hydrogens (tertiary/aromatic N) is 1. The molecular formula is C17H21F3N2O4. The van der Waals surface area contributed by atoms with E-state index in [9.17, 15) is 22.8 Å². The number of hydrogen-bond acceptors (Lipinski definition) is 5. The van der Waals surface area contributed by atoms with Crippen LogP contribution >= 0.6 is 0 Å². The SMILES string of the molecule is CCOC(=O)C1CCN(C(=O)CNc2ccccc2OC(F)(F)F)CC1. The maximum absolute atomic E-state index is 12.4. The second-order valence-corrected chi connectivity index (χ2v) is 5.80. The first-order valence-corrected chi connectivity index (χ1v) is 8.33. The van der Waals surface area contributed by atoms with Crippen molar-refractivity contribution < 1.29 is 32.2 Å². The van der Waals surface area contributed by atoms with E-state index in [1.165, 1.54) is 18.2 Å². The highest BCUT2D eigenvalue weighted by Gasteiger charge is 2.32. The third-order valence-electron chi connectivity index (χ3n) is 4.01. The summed E-state index contributed by atoms with van der Waals surface area (Å²) in [5.74, 6) is -1.12. The number of piperidine rings is 1.